The highest BCUT2D eigenvalue weighted by atomic mass is 35.5. The molecule has 0 saturated heterocycles. The van der Waals surface area contributed by atoms with Crippen LogP contribution in [-0.4, -0.2) is 17.4 Å². The fourth-order valence-corrected chi connectivity index (χ4v) is 2.59. The molecule has 1 heterocycles. The lowest BCUT2D eigenvalue weighted by molar-refractivity contribution is 0.102. The van der Waals surface area contributed by atoms with E-state index in [1.54, 1.807) is 30.5 Å². The van der Waals surface area contributed by atoms with E-state index in [0.717, 1.165) is 18.7 Å². The fourth-order valence-electron chi connectivity index (χ4n) is 2.06. The molecule has 0 aliphatic heterocycles. The Bertz CT molecular complexity index is 639. The van der Waals surface area contributed by atoms with Gasteiger partial charge in [-0.3, -0.25) is 4.79 Å². The van der Waals surface area contributed by atoms with Crippen molar-refractivity contribution in [2.24, 2.45) is 0 Å². The Hall–Kier alpha value is -1.78. The Balaban J connectivity index is 1.94. The minimum Gasteiger partial charge on any atom is -0.384 e. The number of rotatable bonds is 7. The molecule has 0 fully saturated rings. The lowest BCUT2D eigenvalue weighted by Crippen LogP contribution is -2.13. The van der Waals surface area contributed by atoms with Crippen molar-refractivity contribution in [2.75, 3.05) is 17.2 Å². The summed E-state index contributed by atoms with van der Waals surface area (Å²) in [5, 5.41) is 6.94. The van der Waals surface area contributed by atoms with Crippen molar-refractivity contribution in [3.05, 3.63) is 52.3 Å². The van der Waals surface area contributed by atoms with E-state index in [-0.39, 0.29) is 5.91 Å². The van der Waals surface area contributed by atoms with Crippen LogP contribution in [-0.2, 0) is 0 Å². The second kappa shape index (κ2) is 8.75. The maximum absolute atomic E-state index is 12.2. The summed E-state index contributed by atoms with van der Waals surface area (Å²) in [6.45, 7) is 3.07. The number of unbranched alkanes of at least 4 members (excludes halogenated alkanes) is 2. The minimum absolute atomic E-state index is 0.305. The van der Waals surface area contributed by atoms with Crippen LogP contribution < -0.4 is 10.6 Å². The number of halogens is 2. The second-order valence-corrected chi connectivity index (χ2v) is 6.05. The first-order chi connectivity index (χ1) is 11.1. The van der Waals surface area contributed by atoms with Gasteiger partial charge in [0.1, 0.15) is 5.69 Å². The van der Waals surface area contributed by atoms with Gasteiger partial charge < -0.3 is 10.6 Å². The highest BCUT2D eigenvalue weighted by molar-refractivity contribution is 6.35. The van der Waals surface area contributed by atoms with E-state index in [4.69, 9.17) is 23.2 Å². The third kappa shape index (κ3) is 5.73. The molecule has 23 heavy (non-hydrogen) atoms. The molecule has 6 heteroatoms. The smallest absolute Gasteiger partial charge is 0.274 e. The molecule has 2 rings (SSSR count). The highest BCUT2D eigenvalue weighted by Gasteiger charge is 2.08. The molecule has 0 aliphatic carbocycles. The summed E-state index contributed by atoms with van der Waals surface area (Å²) >= 11 is 11.8. The van der Waals surface area contributed by atoms with Gasteiger partial charge in [0.25, 0.3) is 5.91 Å². The number of amides is 1. The van der Waals surface area contributed by atoms with Crippen molar-refractivity contribution in [3.63, 3.8) is 0 Å². The fraction of sp³-hybridized carbons (Fsp3) is 0.294. The molecule has 0 bridgehead atoms. The van der Waals surface area contributed by atoms with Gasteiger partial charge in [-0.15, -0.1) is 0 Å². The first-order valence-corrected chi connectivity index (χ1v) is 8.31. The molecular weight excluding hydrogens is 333 g/mol. The summed E-state index contributed by atoms with van der Waals surface area (Å²) in [7, 11) is 0. The van der Waals surface area contributed by atoms with Crippen LogP contribution in [0.15, 0.2) is 36.5 Å². The summed E-state index contributed by atoms with van der Waals surface area (Å²) < 4.78 is 0. The summed E-state index contributed by atoms with van der Waals surface area (Å²) in [4.78, 5) is 16.3. The molecule has 0 saturated carbocycles. The average Bonchev–Trinajstić information content (AvgIpc) is 2.51. The number of hydrogen-bond acceptors (Lipinski definition) is 3. The minimum atomic E-state index is -0.305. The summed E-state index contributed by atoms with van der Waals surface area (Å²) in [6, 6.07) is 8.41. The van der Waals surface area contributed by atoms with Crippen LogP contribution in [0.4, 0.5) is 11.4 Å². The van der Waals surface area contributed by atoms with Gasteiger partial charge >= 0.3 is 0 Å². The molecule has 0 atom stereocenters. The third-order valence-electron chi connectivity index (χ3n) is 3.23. The molecule has 1 aromatic heterocycles. The molecule has 1 aromatic carbocycles. The topological polar surface area (TPSA) is 54.0 Å². The van der Waals surface area contributed by atoms with E-state index in [1.165, 1.54) is 12.8 Å². The molecule has 122 valence electrons. The van der Waals surface area contributed by atoms with Gasteiger partial charge in [-0.25, -0.2) is 4.98 Å². The van der Waals surface area contributed by atoms with Crippen LogP contribution in [0, 0.1) is 0 Å². The molecule has 2 N–H and O–H groups in total. The molecule has 4 nitrogen and oxygen atoms in total. The van der Waals surface area contributed by atoms with Gasteiger partial charge in [0.15, 0.2) is 0 Å². The molecule has 2 aromatic rings. The van der Waals surface area contributed by atoms with Crippen molar-refractivity contribution < 1.29 is 4.79 Å². The van der Waals surface area contributed by atoms with Crippen LogP contribution in [0.1, 0.15) is 36.7 Å². The van der Waals surface area contributed by atoms with Crippen molar-refractivity contribution in [1.29, 1.82) is 0 Å². The van der Waals surface area contributed by atoms with Crippen LogP contribution >= 0.6 is 23.2 Å². The SMILES string of the molecule is CCCCCNc1ccc(C(=O)Nc2cc(Cl)cc(Cl)c2)nc1. The van der Waals surface area contributed by atoms with Gasteiger partial charge in [-0.1, -0.05) is 43.0 Å². The number of hydrogen-bond donors (Lipinski definition) is 2. The molecule has 0 aliphatic rings. The Morgan fingerprint density at radius 2 is 1.83 bits per heavy atom. The number of carbonyl (C=O) groups is 1. The Kier molecular flexibility index (Phi) is 6.68. The van der Waals surface area contributed by atoms with Crippen LogP contribution in [0.25, 0.3) is 0 Å². The van der Waals surface area contributed by atoms with E-state index < -0.39 is 0 Å². The van der Waals surface area contributed by atoms with Gasteiger partial charge in [0.05, 0.1) is 11.9 Å². The molecule has 1 amide bonds. The first-order valence-electron chi connectivity index (χ1n) is 7.56. The van der Waals surface area contributed by atoms with E-state index in [1.807, 2.05) is 6.07 Å². The third-order valence-corrected chi connectivity index (χ3v) is 3.66. The largest absolute Gasteiger partial charge is 0.384 e. The number of carbonyl (C=O) groups excluding carboxylic acids is 1. The van der Waals surface area contributed by atoms with Gasteiger partial charge in [-0.2, -0.15) is 0 Å². The maximum atomic E-state index is 12.2. The summed E-state index contributed by atoms with van der Waals surface area (Å²) in [5.41, 5.74) is 1.78. The van der Waals surface area contributed by atoms with E-state index in [0.29, 0.717) is 21.4 Å². The average molecular weight is 352 g/mol. The van der Waals surface area contributed by atoms with Gasteiger partial charge in [0.2, 0.25) is 0 Å². The van der Waals surface area contributed by atoms with Crippen molar-refractivity contribution in [3.8, 4) is 0 Å². The maximum Gasteiger partial charge on any atom is 0.274 e. The standard InChI is InChI=1S/C17H19Cl2N3O/c1-2-3-4-7-20-14-5-6-16(21-11-14)17(23)22-15-9-12(18)8-13(19)10-15/h5-6,8-11,20H,2-4,7H2,1H3,(H,22,23). The Morgan fingerprint density at radius 3 is 2.43 bits per heavy atom. The second-order valence-electron chi connectivity index (χ2n) is 5.18. The zero-order chi connectivity index (χ0) is 16.7. The zero-order valence-corrected chi connectivity index (χ0v) is 14.4. The van der Waals surface area contributed by atoms with Crippen molar-refractivity contribution in [2.45, 2.75) is 26.2 Å². The number of nitrogens with one attached hydrogen (secondary N) is 2. The predicted octanol–water partition coefficient (Wildman–Crippen LogP) is 5.24. The lowest BCUT2D eigenvalue weighted by atomic mass is 10.2. The quantitative estimate of drug-likeness (QED) is 0.670. The number of nitrogens with zero attached hydrogens (tertiary/aromatic N) is 1. The highest BCUT2D eigenvalue weighted by Crippen LogP contribution is 2.22. The Labute approximate surface area is 146 Å². The van der Waals surface area contributed by atoms with Crippen molar-refractivity contribution in [1.82, 2.24) is 4.98 Å². The number of pyridine rings is 1. The normalized spacial score (nSPS) is 10.4. The zero-order valence-electron chi connectivity index (χ0n) is 12.9. The lowest BCUT2D eigenvalue weighted by Gasteiger charge is -2.08. The van der Waals surface area contributed by atoms with Crippen LogP contribution in [0.3, 0.4) is 0 Å². The van der Waals surface area contributed by atoms with E-state index >= 15 is 0 Å². The molecular formula is C17H19Cl2N3O. The van der Waals surface area contributed by atoms with Crippen LogP contribution in [0.5, 0.6) is 0 Å². The van der Waals surface area contributed by atoms with Crippen molar-refractivity contribution >= 4 is 40.5 Å². The van der Waals surface area contributed by atoms with Crippen LogP contribution in [0.2, 0.25) is 10.0 Å². The predicted molar refractivity (Wildman–Crippen MR) is 96.7 cm³/mol. The number of anilines is 2. The monoisotopic (exact) mass is 351 g/mol. The number of aromatic nitrogens is 1. The first kappa shape index (κ1) is 17.6. The van der Waals surface area contributed by atoms with Gasteiger partial charge in [0, 0.05) is 22.3 Å². The van der Waals surface area contributed by atoms with E-state index in [2.05, 4.69) is 22.5 Å². The van der Waals surface area contributed by atoms with Gasteiger partial charge in [-0.05, 0) is 36.8 Å². The Morgan fingerprint density at radius 1 is 1.09 bits per heavy atom. The molecule has 0 unspecified atom stereocenters. The van der Waals surface area contributed by atoms with E-state index in [9.17, 15) is 4.79 Å². The number of benzene rings is 1. The summed E-state index contributed by atoms with van der Waals surface area (Å²) in [6.07, 6.45) is 5.16. The summed E-state index contributed by atoms with van der Waals surface area (Å²) in [5.74, 6) is -0.305. The molecule has 0 radical (unpaired) electrons. The molecule has 0 spiro atoms.